The van der Waals surface area contributed by atoms with Crippen LogP contribution in [-0.4, -0.2) is 25.8 Å². The van der Waals surface area contributed by atoms with Crippen LogP contribution < -0.4 is 19.6 Å². The lowest BCUT2D eigenvalue weighted by Gasteiger charge is -2.13. The molecule has 32 heavy (non-hydrogen) atoms. The number of hydrazone groups is 1. The molecule has 0 atom stereocenters. The van der Waals surface area contributed by atoms with Crippen LogP contribution >= 0.6 is 15.9 Å². The third-order valence-electron chi connectivity index (χ3n) is 4.64. The zero-order valence-electron chi connectivity index (χ0n) is 18.2. The highest BCUT2D eigenvalue weighted by Gasteiger charge is 2.12. The maximum absolute atomic E-state index is 12.1. The first-order valence-corrected chi connectivity index (χ1v) is 10.8. The molecule has 0 aliphatic heterocycles. The molecule has 6 nitrogen and oxygen atoms in total. The maximum Gasteiger partial charge on any atom is 0.277 e. The zero-order valence-corrected chi connectivity index (χ0v) is 19.8. The van der Waals surface area contributed by atoms with Gasteiger partial charge in [0.2, 0.25) is 0 Å². The first-order chi connectivity index (χ1) is 15.5. The van der Waals surface area contributed by atoms with Crippen molar-refractivity contribution in [3.63, 3.8) is 0 Å². The van der Waals surface area contributed by atoms with Crippen LogP contribution in [0.15, 0.2) is 70.2 Å². The Balaban J connectivity index is 1.59. The molecule has 3 aromatic carbocycles. The van der Waals surface area contributed by atoms with Gasteiger partial charge in [0.05, 0.1) is 17.8 Å². The van der Waals surface area contributed by atoms with Crippen molar-refractivity contribution in [3.05, 3.63) is 87.4 Å². The molecule has 0 spiro atoms. The van der Waals surface area contributed by atoms with Gasteiger partial charge in [0.25, 0.3) is 5.91 Å². The molecule has 0 saturated carbocycles. The van der Waals surface area contributed by atoms with E-state index < -0.39 is 0 Å². The van der Waals surface area contributed by atoms with Crippen molar-refractivity contribution in [1.82, 2.24) is 5.43 Å². The van der Waals surface area contributed by atoms with Gasteiger partial charge in [-0.2, -0.15) is 5.10 Å². The van der Waals surface area contributed by atoms with Gasteiger partial charge < -0.3 is 14.2 Å². The van der Waals surface area contributed by atoms with Crippen LogP contribution in [0, 0.1) is 13.8 Å². The number of halogens is 1. The van der Waals surface area contributed by atoms with Crippen LogP contribution in [0.2, 0.25) is 0 Å². The van der Waals surface area contributed by atoms with Crippen molar-refractivity contribution < 1.29 is 19.0 Å². The lowest BCUT2D eigenvalue weighted by Crippen LogP contribution is -2.25. The van der Waals surface area contributed by atoms with E-state index in [-0.39, 0.29) is 12.5 Å². The highest BCUT2D eigenvalue weighted by atomic mass is 79.9. The van der Waals surface area contributed by atoms with E-state index in [4.69, 9.17) is 14.2 Å². The van der Waals surface area contributed by atoms with Crippen LogP contribution in [0.25, 0.3) is 0 Å². The van der Waals surface area contributed by atoms with Crippen molar-refractivity contribution in [2.45, 2.75) is 20.5 Å². The summed E-state index contributed by atoms with van der Waals surface area (Å²) in [6.07, 6.45) is 1.53. The molecule has 0 aliphatic rings. The standard InChI is InChI=1S/C25H25BrN2O4/c1-17-8-7-9-18(2)24(17)32-16-23(29)28-27-14-20-12-21(26)25(22(13-20)30-3)31-15-19-10-5-4-6-11-19/h4-14H,15-16H2,1-3H3,(H,28,29)/b27-14-. The molecule has 0 fully saturated rings. The van der Waals surface area contributed by atoms with Gasteiger partial charge in [-0.3, -0.25) is 4.79 Å². The number of benzene rings is 3. The summed E-state index contributed by atoms with van der Waals surface area (Å²) >= 11 is 3.52. The number of ether oxygens (including phenoxy) is 3. The molecular formula is C25H25BrN2O4. The summed E-state index contributed by atoms with van der Waals surface area (Å²) in [5, 5.41) is 4.02. The van der Waals surface area contributed by atoms with Crippen molar-refractivity contribution in [2.24, 2.45) is 5.10 Å². The summed E-state index contributed by atoms with van der Waals surface area (Å²) in [6.45, 7) is 4.18. The Kier molecular flexibility index (Phi) is 8.27. The normalized spacial score (nSPS) is 10.8. The predicted octanol–water partition coefficient (Wildman–Crippen LogP) is 5.18. The fourth-order valence-corrected chi connectivity index (χ4v) is 3.63. The van der Waals surface area contributed by atoms with E-state index in [1.165, 1.54) is 6.21 Å². The van der Waals surface area contributed by atoms with E-state index in [1.807, 2.05) is 68.4 Å². The van der Waals surface area contributed by atoms with Gasteiger partial charge in [-0.15, -0.1) is 0 Å². The van der Waals surface area contributed by atoms with Crippen LogP contribution in [0.5, 0.6) is 17.2 Å². The van der Waals surface area contributed by atoms with Gasteiger partial charge in [-0.05, 0) is 64.2 Å². The Bertz CT molecular complexity index is 1080. The maximum atomic E-state index is 12.1. The lowest BCUT2D eigenvalue weighted by molar-refractivity contribution is -0.123. The fraction of sp³-hybridized carbons (Fsp3) is 0.200. The third kappa shape index (κ3) is 6.34. The van der Waals surface area contributed by atoms with Crippen LogP contribution in [0.3, 0.4) is 0 Å². The molecule has 3 aromatic rings. The van der Waals surface area contributed by atoms with E-state index in [9.17, 15) is 4.79 Å². The Morgan fingerprint density at radius 3 is 2.41 bits per heavy atom. The number of para-hydroxylation sites is 1. The van der Waals surface area contributed by atoms with Gasteiger partial charge in [-0.25, -0.2) is 5.43 Å². The van der Waals surface area contributed by atoms with E-state index in [2.05, 4.69) is 26.5 Å². The van der Waals surface area contributed by atoms with Gasteiger partial charge >= 0.3 is 0 Å². The SMILES string of the molecule is COc1cc(/C=N\NC(=O)COc2c(C)cccc2C)cc(Br)c1OCc1ccccc1. The molecule has 0 unspecified atom stereocenters. The van der Waals surface area contributed by atoms with Crippen molar-refractivity contribution in [1.29, 1.82) is 0 Å². The predicted molar refractivity (Wildman–Crippen MR) is 129 cm³/mol. The number of hydrogen-bond donors (Lipinski definition) is 1. The second-order valence-electron chi connectivity index (χ2n) is 7.11. The van der Waals surface area contributed by atoms with Crippen molar-refractivity contribution in [2.75, 3.05) is 13.7 Å². The van der Waals surface area contributed by atoms with Crippen LogP contribution in [0.4, 0.5) is 0 Å². The molecule has 7 heteroatoms. The number of carbonyl (C=O) groups excluding carboxylic acids is 1. The Morgan fingerprint density at radius 1 is 1.00 bits per heavy atom. The summed E-state index contributed by atoms with van der Waals surface area (Å²) < 4.78 is 17.8. The van der Waals surface area contributed by atoms with Crippen molar-refractivity contribution in [3.8, 4) is 17.2 Å². The molecule has 1 amide bonds. The monoisotopic (exact) mass is 496 g/mol. The first kappa shape index (κ1) is 23.3. The van der Waals surface area contributed by atoms with Gasteiger partial charge in [-0.1, -0.05) is 48.5 Å². The van der Waals surface area contributed by atoms with Crippen LogP contribution in [-0.2, 0) is 11.4 Å². The summed E-state index contributed by atoms with van der Waals surface area (Å²) in [5.41, 5.74) is 6.22. The number of carbonyl (C=O) groups is 1. The highest BCUT2D eigenvalue weighted by Crippen LogP contribution is 2.36. The lowest BCUT2D eigenvalue weighted by atomic mass is 10.1. The minimum Gasteiger partial charge on any atom is -0.493 e. The molecule has 0 heterocycles. The highest BCUT2D eigenvalue weighted by molar-refractivity contribution is 9.10. The number of amides is 1. The smallest absolute Gasteiger partial charge is 0.277 e. The quantitative estimate of drug-likeness (QED) is 0.327. The van der Waals surface area contributed by atoms with Crippen molar-refractivity contribution >= 4 is 28.1 Å². The first-order valence-electron chi connectivity index (χ1n) is 10.0. The summed E-state index contributed by atoms with van der Waals surface area (Å²) in [4.78, 5) is 12.1. The molecule has 0 saturated heterocycles. The number of nitrogens with one attached hydrogen (secondary N) is 1. The number of methoxy groups -OCH3 is 1. The summed E-state index contributed by atoms with van der Waals surface area (Å²) in [5.74, 6) is 1.52. The number of aryl methyl sites for hydroxylation is 2. The summed E-state index contributed by atoms with van der Waals surface area (Å²) in [7, 11) is 1.57. The van der Waals surface area contributed by atoms with Gasteiger partial charge in [0.15, 0.2) is 18.1 Å². The topological polar surface area (TPSA) is 69.2 Å². The van der Waals surface area contributed by atoms with E-state index in [1.54, 1.807) is 13.2 Å². The average molecular weight is 497 g/mol. The molecule has 0 radical (unpaired) electrons. The summed E-state index contributed by atoms with van der Waals surface area (Å²) in [6, 6.07) is 19.3. The Hall–Kier alpha value is -3.32. The molecule has 0 aromatic heterocycles. The fourth-order valence-electron chi connectivity index (χ4n) is 3.06. The minimum absolute atomic E-state index is 0.123. The molecular weight excluding hydrogens is 472 g/mol. The second-order valence-corrected chi connectivity index (χ2v) is 7.97. The molecule has 0 bridgehead atoms. The van der Waals surface area contributed by atoms with Gasteiger partial charge in [0, 0.05) is 0 Å². The molecule has 3 rings (SSSR count). The zero-order chi connectivity index (χ0) is 22.9. The number of rotatable bonds is 9. The minimum atomic E-state index is -0.349. The van der Waals surface area contributed by atoms with E-state index >= 15 is 0 Å². The largest absolute Gasteiger partial charge is 0.493 e. The van der Waals surface area contributed by atoms with E-state index in [0.717, 1.165) is 26.7 Å². The van der Waals surface area contributed by atoms with E-state index in [0.29, 0.717) is 23.9 Å². The number of hydrogen-bond acceptors (Lipinski definition) is 5. The van der Waals surface area contributed by atoms with Gasteiger partial charge in [0.1, 0.15) is 12.4 Å². The second kappa shape index (κ2) is 11.3. The Morgan fingerprint density at radius 2 is 1.72 bits per heavy atom. The molecule has 0 aliphatic carbocycles. The number of nitrogens with zero attached hydrogens (tertiary/aromatic N) is 1. The van der Waals surface area contributed by atoms with Crippen LogP contribution in [0.1, 0.15) is 22.3 Å². The molecule has 166 valence electrons. The third-order valence-corrected chi connectivity index (χ3v) is 5.23. The Labute approximate surface area is 196 Å². The molecule has 1 N–H and O–H groups in total. The average Bonchev–Trinajstić information content (AvgIpc) is 2.78.